The average molecular weight is 463 g/mol. The zero-order chi connectivity index (χ0) is 22.6. The molecular weight excluding hydrogens is 433 g/mol. The third-order valence-electron chi connectivity index (χ3n) is 5.47. The fourth-order valence-corrected chi connectivity index (χ4v) is 5.55. The van der Waals surface area contributed by atoms with Crippen LogP contribution in [0.3, 0.4) is 0 Å². The lowest BCUT2D eigenvalue weighted by Gasteiger charge is -2.25. The number of nitrogens with zero attached hydrogens (tertiary/aromatic N) is 4. The van der Waals surface area contributed by atoms with Gasteiger partial charge in [-0.3, -0.25) is 4.90 Å². The number of aliphatic hydroxyl groups is 1. The quantitative estimate of drug-likeness (QED) is 0.620. The van der Waals surface area contributed by atoms with E-state index in [1.54, 1.807) is 16.7 Å². The molecule has 174 valence electrons. The summed E-state index contributed by atoms with van der Waals surface area (Å²) in [6, 6.07) is 4.73. The lowest BCUT2D eigenvalue weighted by molar-refractivity contribution is -0.147. The highest BCUT2D eigenvalue weighted by atomic mass is 32.2. The molecule has 2 heterocycles. The van der Waals surface area contributed by atoms with Crippen LogP contribution in [-0.4, -0.2) is 71.2 Å². The number of benzene rings is 1. The van der Waals surface area contributed by atoms with Crippen molar-refractivity contribution in [2.75, 3.05) is 32.8 Å². The number of piperidine rings is 1. The van der Waals surface area contributed by atoms with Gasteiger partial charge in [0, 0.05) is 32.8 Å². The van der Waals surface area contributed by atoms with Crippen molar-refractivity contribution < 1.29 is 26.7 Å². The van der Waals surface area contributed by atoms with Crippen LogP contribution in [0.2, 0.25) is 0 Å². The molecule has 0 unspecified atom stereocenters. The predicted octanol–water partition coefficient (Wildman–Crippen LogP) is 2.98. The van der Waals surface area contributed by atoms with Crippen LogP contribution in [0.15, 0.2) is 23.1 Å². The van der Waals surface area contributed by atoms with Crippen LogP contribution in [0, 0.1) is 0 Å². The molecule has 11 heteroatoms. The van der Waals surface area contributed by atoms with Crippen molar-refractivity contribution in [1.82, 2.24) is 18.8 Å². The summed E-state index contributed by atoms with van der Waals surface area (Å²) in [5.41, 5.74) is 1.13. The normalized spacial score (nSPS) is 16.5. The van der Waals surface area contributed by atoms with Gasteiger partial charge in [-0.25, -0.2) is 13.4 Å². The molecule has 7 nitrogen and oxygen atoms in total. The smallest absolute Gasteiger partial charge is 0.396 e. The maximum absolute atomic E-state index is 13.0. The van der Waals surface area contributed by atoms with Crippen LogP contribution >= 0.6 is 0 Å². The molecule has 0 aliphatic carbocycles. The van der Waals surface area contributed by atoms with Crippen LogP contribution in [0.4, 0.5) is 13.2 Å². The minimum Gasteiger partial charge on any atom is -0.396 e. The first-order chi connectivity index (χ1) is 14.7. The molecule has 31 heavy (non-hydrogen) atoms. The third kappa shape index (κ3) is 5.76. The van der Waals surface area contributed by atoms with E-state index in [1.165, 1.54) is 15.3 Å². The Kier molecular flexibility index (Phi) is 7.61. The van der Waals surface area contributed by atoms with Crippen molar-refractivity contribution in [1.29, 1.82) is 0 Å². The summed E-state index contributed by atoms with van der Waals surface area (Å²) in [6.45, 7) is 2.08. The maximum atomic E-state index is 13.0. The Balaban J connectivity index is 1.92. The second kappa shape index (κ2) is 9.85. The molecule has 1 saturated heterocycles. The molecule has 0 spiro atoms. The van der Waals surface area contributed by atoms with E-state index in [4.69, 9.17) is 5.11 Å². The van der Waals surface area contributed by atoms with Gasteiger partial charge in [0.1, 0.15) is 5.82 Å². The van der Waals surface area contributed by atoms with Crippen molar-refractivity contribution in [2.24, 2.45) is 0 Å². The Hall–Kier alpha value is -1.69. The molecule has 0 atom stereocenters. The number of halogens is 3. The van der Waals surface area contributed by atoms with E-state index in [0.29, 0.717) is 36.5 Å². The van der Waals surface area contributed by atoms with Crippen LogP contribution < -0.4 is 0 Å². The van der Waals surface area contributed by atoms with E-state index < -0.39 is 22.7 Å². The van der Waals surface area contributed by atoms with Crippen LogP contribution in [0.5, 0.6) is 0 Å². The lowest BCUT2D eigenvalue weighted by atomic mass is 10.2. The van der Waals surface area contributed by atoms with E-state index in [2.05, 4.69) is 4.98 Å². The van der Waals surface area contributed by atoms with Gasteiger partial charge in [-0.15, -0.1) is 0 Å². The summed E-state index contributed by atoms with van der Waals surface area (Å²) in [7, 11) is -3.63. The Labute approximate surface area is 180 Å². The molecule has 1 aliphatic heterocycles. The molecule has 1 fully saturated rings. The number of hydrogen-bond acceptors (Lipinski definition) is 5. The van der Waals surface area contributed by atoms with Crippen LogP contribution in [0.1, 0.15) is 38.4 Å². The summed E-state index contributed by atoms with van der Waals surface area (Å²) in [6.07, 6.45) is -1.47. The Morgan fingerprint density at radius 3 is 2.52 bits per heavy atom. The monoisotopic (exact) mass is 462 g/mol. The fourth-order valence-electron chi connectivity index (χ4n) is 4.01. The summed E-state index contributed by atoms with van der Waals surface area (Å²) >= 11 is 0. The second-order valence-electron chi connectivity index (χ2n) is 7.79. The molecule has 1 aliphatic rings. The van der Waals surface area contributed by atoms with E-state index in [9.17, 15) is 21.6 Å². The zero-order valence-corrected chi connectivity index (χ0v) is 18.4. The minimum absolute atomic E-state index is 0.0454. The Morgan fingerprint density at radius 2 is 1.90 bits per heavy atom. The minimum atomic E-state index is -4.37. The molecule has 0 saturated carbocycles. The van der Waals surface area contributed by atoms with Crippen molar-refractivity contribution in [3.05, 3.63) is 24.0 Å². The van der Waals surface area contributed by atoms with Crippen LogP contribution in [-0.2, 0) is 23.1 Å². The van der Waals surface area contributed by atoms with Crippen molar-refractivity contribution in [3.63, 3.8) is 0 Å². The standard InChI is InChI=1S/C20H29F3N4O3S/c1-2-27-18-8-7-16(31(29,30)26-10-4-3-5-11-26)13-17(18)24-19(27)14-25(9-6-12-28)15-20(21,22)23/h7-8,13,28H,2-6,9-12,14-15H2,1H3. The van der Waals surface area contributed by atoms with Gasteiger partial charge in [0.15, 0.2) is 0 Å². The van der Waals surface area contributed by atoms with Gasteiger partial charge >= 0.3 is 6.18 Å². The molecule has 1 aromatic carbocycles. The molecule has 1 N–H and O–H groups in total. The van der Waals surface area contributed by atoms with Gasteiger partial charge in [0.05, 0.1) is 29.0 Å². The fraction of sp³-hybridized carbons (Fsp3) is 0.650. The topological polar surface area (TPSA) is 78.7 Å². The van der Waals surface area contributed by atoms with Gasteiger partial charge in [0.25, 0.3) is 0 Å². The van der Waals surface area contributed by atoms with Crippen molar-refractivity contribution in [2.45, 2.75) is 56.8 Å². The van der Waals surface area contributed by atoms with Crippen molar-refractivity contribution in [3.8, 4) is 0 Å². The molecular formula is C20H29F3N4O3S. The van der Waals surface area contributed by atoms with E-state index in [1.807, 2.05) is 6.92 Å². The number of imidazole rings is 1. The van der Waals surface area contributed by atoms with E-state index in [0.717, 1.165) is 19.3 Å². The summed E-state index contributed by atoms with van der Waals surface area (Å²) < 4.78 is 68.2. The first-order valence-electron chi connectivity index (χ1n) is 10.5. The molecule has 0 amide bonds. The second-order valence-corrected chi connectivity index (χ2v) is 9.73. The highest BCUT2D eigenvalue weighted by Crippen LogP contribution is 2.26. The zero-order valence-electron chi connectivity index (χ0n) is 17.6. The predicted molar refractivity (Wildman–Crippen MR) is 111 cm³/mol. The number of aliphatic hydroxyl groups excluding tert-OH is 1. The number of alkyl halides is 3. The van der Waals surface area contributed by atoms with Gasteiger partial charge in [0.2, 0.25) is 10.0 Å². The summed E-state index contributed by atoms with van der Waals surface area (Å²) in [5.74, 6) is 0.437. The lowest BCUT2D eigenvalue weighted by Crippen LogP contribution is -2.35. The SMILES string of the molecule is CCn1c(CN(CCCO)CC(F)(F)F)nc2cc(S(=O)(=O)N3CCCCC3)ccc21. The number of rotatable bonds is 9. The number of fused-ring (bicyclic) bond motifs is 1. The van der Waals surface area contributed by atoms with Gasteiger partial charge in [-0.1, -0.05) is 6.42 Å². The average Bonchev–Trinajstić information content (AvgIpc) is 3.07. The molecule has 0 radical (unpaired) electrons. The van der Waals surface area contributed by atoms with E-state index in [-0.39, 0.29) is 31.0 Å². The number of sulfonamides is 1. The molecule has 1 aromatic heterocycles. The van der Waals surface area contributed by atoms with Crippen molar-refractivity contribution >= 4 is 21.1 Å². The number of aryl methyl sites for hydroxylation is 1. The summed E-state index contributed by atoms with van der Waals surface area (Å²) in [4.78, 5) is 5.85. The summed E-state index contributed by atoms with van der Waals surface area (Å²) in [5, 5.41) is 9.02. The molecule has 3 rings (SSSR count). The van der Waals surface area contributed by atoms with E-state index >= 15 is 0 Å². The van der Waals surface area contributed by atoms with Gasteiger partial charge in [-0.2, -0.15) is 17.5 Å². The first-order valence-corrected chi connectivity index (χ1v) is 12.0. The Morgan fingerprint density at radius 1 is 1.19 bits per heavy atom. The molecule has 2 aromatic rings. The largest absolute Gasteiger partial charge is 0.401 e. The highest BCUT2D eigenvalue weighted by Gasteiger charge is 2.31. The third-order valence-corrected chi connectivity index (χ3v) is 7.36. The number of hydrogen-bond donors (Lipinski definition) is 1. The van der Waals surface area contributed by atoms with Crippen LogP contribution in [0.25, 0.3) is 11.0 Å². The Bertz CT molecular complexity index is 985. The van der Waals surface area contributed by atoms with Gasteiger partial charge in [-0.05, 0) is 44.4 Å². The first kappa shape index (κ1) is 24.0. The highest BCUT2D eigenvalue weighted by molar-refractivity contribution is 7.89. The maximum Gasteiger partial charge on any atom is 0.401 e. The molecule has 0 bridgehead atoms. The number of aromatic nitrogens is 2. The van der Waals surface area contributed by atoms with Gasteiger partial charge < -0.3 is 9.67 Å².